The van der Waals surface area contributed by atoms with Gasteiger partial charge in [0.2, 0.25) is 0 Å². The Hall–Kier alpha value is -0.380. The number of allylic oxidation sites excluding steroid dienone is 2. The minimum absolute atomic E-state index is 0.695. The molecule has 0 aromatic rings. The molecule has 0 bridgehead atoms. The van der Waals surface area contributed by atoms with Crippen LogP contribution in [0.25, 0.3) is 0 Å². The van der Waals surface area contributed by atoms with Crippen molar-refractivity contribution >= 4 is 0 Å². The monoisotopic (exact) mass is 340 g/mol. The van der Waals surface area contributed by atoms with E-state index in [1.54, 1.807) is 0 Å². The average molecular weight is 341 g/mol. The third kappa shape index (κ3) is 21.6. The predicted molar refractivity (Wildman–Crippen MR) is 107 cm³/mol. The van der Waals surface area contributed by atoms with E-state index >= 15 is 0 Å². The van der Waals surface area contributed by atoms with Crippen LogP contribution in [-0.2, 0) is 0 Å². The van der Waals surface area contributed by atoms with Crippen molar-refractivity contribution in [1.29, 1.82) is 0 Å². The molecule has 0 aliphatic heterocycles. The minimum Gasteiger partial charge on any atom is -0.636 e. The molecule has 24 heavy (non-hydrogen) atoms. The smallest absolute Gasteiger partial charge is 0.0764 e. The molecule has 3 nitrogen and oxygen atoms in total. The van der Waals surface area contributed by atoms with Crippen molar-refractivity contribution in [2.75, 3.05) is 19.6 Å². The fourth-order valence-corrected chi connectivity index (χ4v) is 2.93. The topological polar surface area (TPSA) is 51.7 Å². The Morgan fingerprint density at radius 3 is 1.75 bits per heavy atom. The summed E-state index contributed by atoms with van der Waals surface area (Å²) in [5.74, 6) is 0. The van der Waals surface area contributed by atoms with Gasteiger partial charge in [0.1, 0.15) is 0 Å². The maximum atomic E-state index is 10.2. The Kier molecular flexibility index (Phi) is 22.3. The highest BCUT2D eigenvalue weighted by Gasteiger charge is 1.92. The molecule has 144 valence electrons. The summed E-state index contributed by atoms with van der Waals surface area (Å²) in [6.45, 7) is 5.07. The second-order valence-electron chi connectivity index (χ2n) is 7.00. The van der Waals surface area contributed by atoms with Crippen LogP contribution in [0.15, 0.2) is 12.2 Å². The van der Waals surface area contributed by atoms with Crippen molar-refractivity contribution in [3.8, 4) is 0 Å². The first-order valence-corrected chi connectivity index (χ1v) is 10.7. The molecular weight excluding hydrogens is 296 g/mol. The van der Waals surface area contributed by atoms with Crippen molar-refractivity contribution < 1.29 is 5.48 Å². The predicted octanol–water partition coefficient (Wildman–Crippen LogP) is 5.06. The molecule has 0 aliphatic carbocycles. The molecule has 0 aromatic heterocycles. The Morgan fingerprint density at radius 1 is 0.667 bits per heavy atom. The Balaban J connectivity index is 3.03. The summed E-state index contributed by atoms with van der Waals surface area (Å²) in [6, 6.07) is 0. The number of unbranched alkanes of at least 4 members (excludes halogenated alkanes) is 12. The molecule has 0 rings (SSSR count). The summed E-state index contributed by atoms with van der Waals surface area (Å²) in [4.78, 5) is 0. The van der Waals surface area contributed by atoms with Gasteiger partial charge in [0.05, 0.1) is 6.54 Å². The fourth-order valence-electron chi connectivity index (χ4n) is 2.93. The second-order valence-corrected chi connectivity index (χ2v) is 7.00. The second kappa shape index (κ2) is 22.6. The zero-order valence-electron chi connectivity index (χ0n) is 16.4. The number of hydroxylamine groups is 1. The van der Waals surface area contributed by atoms with Crippen molar-refractivity contribution in [2.45, 2.75) is 103 Å². The lowest BCUT2D eigenvalue weighted by Crippen LogP contribution is -2.77. The highest BCUT2D eigenvalue weighted by atomic mass is 16.5. The normalized spacial score (nSPS) is 11.6. The van der Waals surface area contributed by atoms with Gasteiger partial charge in [-0.2, -0.15) is 0 Å². The van der Waals surface area contributed by atoms with Crippen molar-refractivity contribution in [3.05, 3.63) is 17.4 Å². The molecule has 0 spiro atoms. The summed E-state index contributed by atoms with van der Waals surface area (Å²) in [7, 11) is 0. The number of hydrogen-bond acceptors (Lipinski definition) is 2. The first kappa shape index (κ1) is 23.6. The summed E-state index contributed by atoms with van der Waals surface area (Å²) in [5, 5.41) is 13.6. The van der Waals surface area contributed by atoms with Crippen LogP contribution < -0.4 is 10.8 Å². The minimum atomic E-state index is 0.695. The summed E-state index contributed by atoms with van der Waals surface area (Å²) in [5.41, 5.74) is 1.01. The number of rotatable bonds is 20. The van der Waals surface area contributed by atoms with E-state index in [0.29, 0.717) is 6.54 Å². The number of nitrogens with one attached hydrogen (secondary N) is 1. The van der Waals surface area contributed by atoms with E-state index in [1.165, 1.54) is 89.9 Å². The van der Waals surface area contributed by atoms with E-state index in [-0.39, 0.29) is 0 Å². The standard InChI is InChI=1S/C21H44N2O/c1-2-3-4-5-6-7-8-9-10-11-12-13-14-15-16-17-19-22-20-18-21-23-24/h9-10,22H,2-8,11-21,23H2,1H3/b10-9-. The van der Waals surface area contributed by atoms with Crippen LogP contribution in [-0.4, -0.2) is 19.6 Å². The third-order valence-corrected chi connectivity index (χ3v) is 4.54. The van der Waals surface area contributed by atoms with Crippen LogP contribution in [0.3, 0.4) is 0 Å². The first-order valence-electron chi connectivity index (χ1n) is 10.7. The van der Waals surface area contributed by atoms with Gasteiger partial charge in [-0.1, -0.05) is 76.9 Å². The molecule has 0 aliphatic rings. The molecular formula is C21H44N2O. The van der Waals surface area contributed by atoms with Gasteiger partial charge in [-0.05, 0) is 38.6 Å². The molecule has 0 amide bonds. The van der Waals surface area contributed by atoms with E-state index in [1.807, 2.05) is 0 Å². The largest absolute Gasteiger partial charge is 0.636 e. The Morgan fingerprint density at radius 2 is 1.17 bits per heavy atom. The molecule has 0 heterocycles. The Labute approximate surface area is 151 Å². The number of quaternary nitrogens is 1. The van der Waals surface area contributed by atoms with Crippen LogP contribution >= 0.6 is 0 Å². The van der Waals surface area contributed by atoms with Crippen LogP contribution in [0.2, 0.25) is 0 Å². The maximum absolute atomic E-state index is 10.2. The zero-order chi connectivity index (χ0) is 17.6. The van der Waals surface area contributed by atoms with Crippen LogP contribution in [0.5, 0.6) is 0 Å². The van der Waals surface area contributed by atoms with Crippen LogP contribution in [0, 0.1) is 5.21 Å². The van der Waals surface area contributed by atoms with E-state index < -0.39 is 0 Å². The zero-order valence-corrected chi connectivity index (χ0v) is 16.4. The van der Waals surface area contributed by atoms with Crippen molar-refractivity contribution in [2.24, 2.45) is 0 Å². The lowest BCUT2D eigenvalue weighted by Gasteiger charge is -2.05. The van der Waals surface area contributed by atoms with Crippen molar-refractivity contribution in [3.63, 3.8) is 0 Å². The highest BCUT2D eigenvalue weighted by Crippen LogP contribution is 2.09. The molecule has 0 saturated heterocycles. The van der Waals surface area contributed by atoms with E-state index in [9.17, 15) is 5.21 Å². The lowest BCUT2D eigenvalue weighted by molar-refractivity contribution is -0.588. The van der Waals surface area contributed by atoms with Gasteiger partial charge in [-0.25, -0.2) is 0 Å². The lowest BCUT2D eigenvalue weighted by atomic mass is 10.1. The molecule has 0 saturated carbocycles. The molecule has 3 heteroatoms. The Bertz CT molecular complexity index is 244. The summed E-state index contributed by atoms with van der Waals surface area (Å²) < 4.78 is 0. The molecule has 0 unspecified atom stereocenters. The quantitative estimate of drug-likeness (QED) is 0.185. The van der Waals surface area contributed by atoms with Gasteiger partial charge >= 0.3 is 0 Å². The fraction of sp³-hybridized carbons (Fsp3) is 0.905. The molecule has 0 atom stereocenters. The van der Waals surface area contributed by atoms with Crippen molar-refractivity contribution in [1.82, 2.24) is 5.32 Å². The average Bonchev–Trinajstić information content (AvgIpc) is 2.60. The van der Waals surface area contributed by atoms with Gasteiger partial charge in [-0.3, -0.25) is 0 Å². The molecule has 3 N–H and O–H groups in total. The van der Waals surface area contributed by atoms with Gasteiger partial charge in [-0.15, -0.1) is 0 Å². The van der Waals surface area contributed by atoms with Gasteiger partial charge in [0.25, 0.3) is 0 Å². The van der Waals surface area contributed by atoms with Crippen LogP contribution in [0.1, 0.15) is 103 Å². The van der Waals surface area contributed by atoms with Crippen LogP contribution in [0.4, 0.5) is 0 Å². The van der Waals surface area contributed by atoms with E-state index in [4.69, 9.17) is 0 Å². The molecule has 0 fully saturated rings. The molecule has 0 radical (unpaired) electrons. The van der Waals surface area contributed by atoms with Gasteiger partial charge in [0.15, 0.2) is 0 Å². The van der Waals surface area contributed by atoms with E-state index in [0.717, 1.165) is 25.0 Å². The first-order chi connectivity index (χ1) is 11.9. The maximum Gasteiger partial charge on any atom is 0.0764 e. The highest BCUT2D eigenvalue weighted by molar-refractivity contribution is 4.81. The summed E-state index contributed by atoms with van der Waals surface area (Å²) >= 11 is 0. The third-order valence-electron chi connectivity index (χ3n) is 4.54. The number of hydrogen-bond donors (Lipinski definition) is 2. The molecule has 0 aromatic carbocycles. The van der Waals surface area contributed by atoms with E-state index in [2.05, 4.69) is 24.4 Å². The SMILES string of the molecule is CCCCCCCC/C=C\CCCCCCCCNCCC[NH2+][O-]. The van der Waals surface area contributed by atoms with Gasteiger partial charge in [0, 0.05) is 13.0 Å². The summed E-state index contributed by atoms with van der Waals surface area (Å²) in [6.07, 6.45) is 24.9. The van der Waals surface area contributed by atoms with Gasteiger partial charge < -0.3 is 16.0 Å². The number of nitrogens with two attached hydrogens (primary N) is 1.